The van der Waals surface area contributed by atoms with Crippen LogP contribution in [0.4, 0.5) is 0 Å². The van der Waals surface area contributed by atoms with Crippen LogP contribution in [0.2, 0.25) is 0 Å². The maximum atomic E-state index is 13.0. The van der Waals surface area contributed by atoms with Gasteiger partial charge in [0.15, 0.2) is 6.29 Å². The van der Waals surface area contributed by atoms with Gasteiger partial charge in [-0.2, -0.15) is 0 Å². The molecule has 0 spiro atoms. The highest BCUT2D eigenvalue weighted by Gasteiger charge is 2.44. The smallest absolute Gasteiger partial charge is 0.220 e. The summed E-state index contributed by atoms with van der Waals surface area (Å²) in [5.74, 6) is -0.250. The second kappa shape index (κ2) is 49.9. The van der Waals surface area contributed by atoms with Crippen LogP contribution >= 0.6 is 0 Å². The van der Waals surface area contributed by atoms with Crippen LogP contribution < -0.4 is 5.32 Å². The van der Waals surface area contributed by atoms with E-state index in [0.717, 1.165) is 83.5 Å². The summed E-state index contributed by atoms with van der Waals surface area (Å²) in [4.78, 5) is 13.0. The van der Waals surface area contributed by atoms with E-state index in [4.69, 9.17) is 9.47 Å². The van der Waals surface area contributed by atoms with E-state index >= 15 is 0 Å². The number of amides is 1. The number of rotatable bonds is 45. The van der Waals surface area contributed by atoms with E-state index in [0.29, 0.717) is 6.42 Å². The predicted molar refractivity (Wildman–Crippen MR) is 299 cm³/mol. The van der Waals surface area contributed by atoms with E-state index in [1.165, 1.54) is 83.5 Å². The van der Waals surface area contributed by atoms with E-state index in [2.05, 4.69) is 141 Å². The number of aliphatic hydroxyl groups excluding tert-OH is 5. The first-order valence-corrected chi connectivity index (χ1v) is 27.9. The van der Waals surface area contributed by atoms with Gasteiger partial charge in [0.1, 0.15) is 24.4 Å². The fourth-order valence-corrected chi connectivity index (χ4v) is 7.82. The number of unbranched alkanes of at least 4 members (excludes halogenated alkanes) is 15. The molecule has 7 atom stereocenters. The molecule has 1 fully saturated rings. The summed E-state index contributed by atoms with van der Waals surface area (Å²) >= 11 is 0. The van der Waals surface area contributed by atoms with E-state index in [1.54, 1.807) is 6.08 Å². The van der Waals surface area contributed by atoms with E-state index in [-0.39, 0.29) is 18.9 Å². The van der Waals surface area contributed by atoms with Gasteiger partial charge in [0.2, 0.25) is 5.91 Å². The lowest BCUT2D eigenvalue weighted by molar-refractivity contribution is -0.302. The van der Waals surface area contributed by atoms with Crippen LogP contribution in [0.1, 0.15) is 194 Å². The summed E-state index contributed by atoms with van der Waals surface area (Å²) < 4.78 is 11.2. The standard InChI is InChI=1S/C62H101NO8/c1-3-5-7-9-11-13-15-17-19-21-23-24-25-26-27-28-29-30-31-32-34-36-38-40-42-44-46-48-50-52-58(66)63-55(54-70-62-61(69)60(68)59(67)57(53-64)71-62)56(65)51-49-47-45-43-41-39-37-35-33-22-20-18-16-14-12-10-8-6-4-2/h5,7,11,13,17,19,23-24,26-27,29-30,32,34,38,40-41,43-44,46,49,51,55-57,59-62,64-65,67-69H,3-4,6,8-10,12,14-16,18,20-22,25,28,31,33,35-37,39,42,45,47-48,50,52-54H2,1-2H3,(H,63,66)/b7-5-,13-11-,19-17-,24-23-,27-26-,30-29-,34-32-,40-38-,43-41+,46-44-,51-49+. The summed E-state index contributed by atoms with van der Waals surface area (Å²) in [5, 5.41) is 54.4. The third-order valence-corrected chi connectivity index (χ3v) is 12.2. The molecule has 0 aliphatic carbocycles. The summed E-state index contributed by atoms with van der Waals surface area (Å²) in [6.07, 6.45) is 69.4. The van der Waals surface area contributed by atoms with Crippen molar-refractivity contribution in [1.29, 1.82) is 0 Å². The lowest BCUT2D eigenvalue weighted by Crippen LogP contribution is -2.60. The maximum Gasteiger partial charge on any atom is 0.220 e. The number of hydrogen-bond acceptors (Lipinski definition) is 8. The Labute approximate surface area is 432 Å². The second-order valence-electron chi connectivity index (χ2n) is 18.6. The highest BCUT2D eigenvalue weighted by Crippen LogP contribution is 2.22. The molecule has 0 aromatic heterocycles. The normalized spacial score (nSPS) is 20.4. The highest BCUT2D eigenvalue weighted by molar-refractivity contribution is 5.76. The molecule has 0 aromatic rings. The first-order valence-electron chi connectivity index (χ1n) is 27.9. The molecule has 9 heteroatoms. The molecule has 0 radical (unpaired) electrons. The zero-order valence-electron chi connectivity index (χ0n) is 44.4. The topological polar surface area (TPSA) is 149 Å². The molecule has 6 N–H and O–H groups in total. The number of aliphatic hydroxyl groups is 5. The molecular formula is C62H101NO8. The third-order valence-electron chi connectivity index (χ3n) is 12.2. The van der Waals surface area contributed by atoms with Crippen LogP contribution in [0.3, 0.4) is 0 Å². The molecule has 9 nitrogen and oxygen atoms in total. The van der Waals surface area contributed by atoms with Gasteiger partial charge in [0.25, 0.3) is 0 Å². The van der Waals surface area contributed by atoms with Crippen molar-refractivity contribution >= 4 is 5.91 Å². The molecule has 71 heavy (non-hydrogen) atoms. The number of carbonyl (C=O) groups is 1. The van der Waals surface area contributed by atoms with Crippen LogP contribution in [-0.4, -0.2) is 87.5 Å². The Kier molecular flexibility index (Phi) is 45.9. The first kappa shape index (κ1) is 65.3. The second-order valence-corrected chi connectivity index (χ2v) is 18.6. The van der Waals surface area contributed by atoms with Crippen molar-refractivity contribution in [2.75, 3.05) is 13.2 Å². The quantitative estimate of drug-likeness (QED) is 0.0261. The molecule has 402 valence electrons. The molecule has 1 heterocycles. The fourth-order valence-electron chi connectivity index (χ4n) is 7.82. The monoisotopic (exact) mass is 988 g/mol. The largest absolute Gasteiger partial charge is 0.394 e. The SMILES string of the molecule is CC/C=C\C/C=C\C/C=C\C/C=C\C/C=C\C/C=C\C/C=C\C/C=C\C/C=C\CCCC(=O)NC(COC1OC(CO)C(O)C(O)C1O)C(O)/C=C/CC/C=C/CCCCCCCCCCCCCCC. The lowest BCUT2D eigenvalue weighted by atomic mass is 9.99. The Balaban J connectivity index is 2.35. The Hall–Kier alpha value is -3.67. The Morgan fingerprint density at radius 1 is 0.493 bits per heavy atom. The Bertz CT molecular complexity index is 1570. The van der Waals surface area contributed by atoms with Gasteiger partial charge in [0.05, 0.1) is 25.4 Å². The van der Waals surface area contributed by atoms with Crippen molar-refractivity contribution in [3.05, 3.63) is 134 Å². The Morgan fingerprint density at radius 2 is 0.887 bits per heavy atom. The molecule has 0 saturated carbocycles. The minimum atomic E-state index is -1.59. The molecular weight excluding hydrogens is 887 g/mol. The summed E-state index contributed by atoms with van der Waals surface area (Å²) in [7, 11) is 0. The van der Waals surface area contributed by atoms with Gasteiger partial charge in [0, 0.05) is 6.42 Å². The van der Waals surface area contributed by atoms with Crippen molar-refractivity contribution in [3.63, 3.8) is 0 Å². The summed E-state index contributed by atoms with van der Waals surface area (Å²) in [5.41, 5.74) is 0. The van der Waals surface area contributed by atoms with Crippen LogP contribution in [0, 0.1) is 0 Å². The first-order chi connectivity index (χ1) is 34.8. The van der Waals surface area contributed by atoms with Gasteiger partial charge < -0.3 is 40.3 Å². The number of carbonyl (C=O) groups excluding carboxylic acids is 1. The molecule has 1 saturated heterocycles. The van der Waals surface area contributed by atoms with Crippen molar-refractivity contribution in [2.45, 2.75) is 236 Å². The average molecular weight is 988 g/mol. The fraction of sp³-hybridized carbons (Fsp3) is 0.629. The molecule has 1 rings (SSSR count). The summed E-state index contributed by atoms with van der Waals surface area (Å²) in [6.45, 7) is 3.60. The van der Waals surface area contributed by atoms with Crippen LogP contribution in [0.5, 0.6) is 0 Å². The molecule has 1 amide bonds. The van der Waals surface area contributed by atoms with Gasteiger partial charge in [-0.15, -0.1) is 0 Å². The van der Waals surface area contributed by atoms with Crippen molar-refractivity contribution in [3.8, 4) is 0 Å². The van der Waals surface area contributed by atoms with Crippen molar-refractivity contribution < 1.29 is 39.8 Å². The van der Waals surface area contributed by atoms with E-state index < -0.39 is 49.5 Å². The number of allylic oxidation sites excluding steroid dienone is 21. The molecule has 0 aromatic carbocycles. The van der Waals surface area contributed by atoms with Crippen LogP contribution in [0.15, 0.2) is 134 Å². The third kappa shape index (κ3) is 39.5. The van der Waals surface area contributed by atoms with Gasteiger partial charge in [-0.1, -0.05) is 225 Å². The number of nitrogens with one attached hydrogen (secondary N) is 1. The Morgan fingerprint density at radius 3 is 1.35 bits per heavy atom. The summed E-state index contributed by atoms with van der Waals surface area (Å²) in [6, 6.07) is -0.863. The molecule has 1 aliphatic rings. The predicted octanol–water partition coefficient (Wildman–Crippen LogP) is 13.7. The highest BCUT2D eigenvalue weighted by atomic mass is 16.7. The minimum absolute atomic E-state index is 0.233. The lowest BCUT2D eigenvalue weighted by Gasteiger charge is -2.40. The zero-order chi connectivity index (χ0) is 51.5. The van der Waals surface area contributed by atoms with Gasteiger partial charge in [-0.3, -0.25) is 4.79 Å². The van der Waals surface area contributed by atoms with Crippen LogP contribution in [0.25, 0.3) is 0 Å². The molecule has 0 bridgehead atoms. The average Bonchev–Trinajstić information content (AvgIpc) is 3.37. The zero-order valence-corrected chi connectivity index (χ0v) is 44.4. The van der Waals surface area contributed by atoms with Crippen molar-refractivity contribution in [1.82, 2.24) is 5.32 Å². The minimum Gasteiger partial charge on any atom is -0.394 e. The van der Waals surface area contributed by atoms with E-state index in [1.807, 2.05) is 6.08 Å². The molecule has 1 aliphatic heterocycles. The molecule has 7 unspecified atom stereocenters. The number of hydrogen-bond donors (Lipinski definition) is 6. The van der Waals surface area contributed by atoms with Gasteiger partial charge in [-0.25, -0.2) is 0 Å². The van der Waals surface area contributed by atoms with Crippen molar-refractivity contribution in [2.24, 2.45) is 0 Å². The number of ether oxygens (including phenoxy) is 2. The van der Waals surface area contributed by atoms with E-state index in [9.17, 15) is 30.3 Å². The van der Waals surface area contributed by atoms with Gasteiger partial charge in [-0.05, 0) is 96.3 Å². The maximum absolute atomic E-state index is 13.0. The van der Waals surface area contributed by atoms with Gasteiger partial charge >= 0.3 is 0 Å². The van der Waals surface area contributed by atoms with Crippen LogP contribution in [-0.2, 0) is 14.3 Å².